The summed E-state index contributed by atoms with van der Waals surface area (Å²) in [5.74, 6) is 0. The van der Waals surface area contributed by atoms with E-state index in [1.807, 2.05) is 10.9 Å². The zero-order chi connectivity index (χ0) is 12.1. The predicted molar refractivity (Wildman–Crippen MR) is 66.8 cm³/mol. The van der Waals surface area contributed by atoms with Gasteiger partial charge in [-0.15, -0.1) is 0 Å². The zero-order valence-electron chi connectivity index (χ0n) is 10.7. The summed E-state index contributed by atoms with van der Waals surface area (Å²) in [6, 6.07) is 0. The molecule has 1 atom stereocenters. The number of hydrogen-bond donors (Lipinski definition) is 1. The van der Waals surface area contributed by atoms with E-state index in [0.29, 0.717) is 6.10 Å². The third-order valence-electron chi connectivity index (χ3n) is 3.05. The summed E-state index contributed by atoms with van der Waals surface area (Å²) in [6.07, 6.45) is 4.32. The van der Waals surface area contributed by atoms with Crippen molar-refractivity contribution in [2.45, 2.75) is 26.1 Å². The van der Waals surface area contributed by atoms with Crippen LogP contribution in [0.1, 0.15) is 12.5 Å². The van der Waals surface area contributed by atoms with Gasteiger partial charge in [0, 0.05) is 44.5 Å². The van der Waals surface area contributed by atoms with Crippen molar-refractivity contribution in [2.75, 3.05) is 33.3 Å². The van der Waals surface area contributed by atoms with E-state index < -0.39 is 0 Å². The summed E-state index contributed by atoms with van der Waals surface area (Å²) in [6.45, 7) is 7.69. The standard InChI is InChI=1S/C12H22N4O/c1-3-16-9-11(7-14-16)6-13-8-12-10-15(2)4-5-17-12/h7,9,12-13H,3-6,8,10H2,1-2H3. The van der Waals surface area contributed by atoms with E-state index >= 15 is 0 Å². The van der Waals surface area contributed by atoms with Gasteiger partial charge in [-0.05, 0) is 14.0 Å². The van der Waals surface area contributed by atoms with Gasteiger partial charge in [0.25, 0.3) is 0 Å². The van der Waals surface area contributed by atoms with Gasteiger partial charge in [0.15, 0.2) is 0 Å². The van der Waals surface area contributed by atoms with Gasteiger partial charge < -0.3 is 15.0 Å². The fourth-order valence-corrected chi connectivity index (χ4v) is 2.04. The molecular formula is C12H22N4O. The van der Waals surface area contributed by atoms with Crippen molar-refractivity contribution in [3.05, 3.63) is 18.0 Å². The lowest BCUT2D eigenvalue weighted by atomic mass is 10.2. The van der Waals surface area contributed by atoms with Crippen molar-refractivity contribution >= 4 is 0 Å². The van der Waals surface area contributed by atoms with Crippen LogP contribution in [0.15, 0.2) is 12.4 Å². The average Bonchev–Trinajstić information content (AvgIpc) is 2.77. The second-order valence-corrected chi connectivity index (χ2v) is 4.59. The molecule has 1 fully saturated rings. The highest BCUT2D eigenvalue weighted by atomic mass is 16.5. The minimum Gasteiger partial charge on any atom is -0.374 e. The second kappa shape index (κ2) is 6.14. The number of rotatable bonds is 5. The summed E-state index contributed by atoms with van der Waals surface area (Å²) in [5, 5.41) is 7.67. The van der Waals surface area contributed by atoms with E-state index in [1.165, 1.54) is 5.56 Å². The zero-order valence-corrected chi connectivity index (χ0v) is 10.7. The summed E-state index contributed by atoms with van der Waals surface area (Å²) >= 11 is 0. The number of hydrogen-bond acceptors (Lipinski definition) is 4. The summed E-state index contributed by atoms with van der Waals surface area (Å²) in [5.41, 5.74) is 1.23. The lowest BCUT2D eigenvalue weighted by Crippen LogP contribution is -2.44. The Balaban J connectivity index is 1.68. The SMILES string of the molecule is CCn1cc(CNCC2CN(C)CCO2)cn1. The third kappa shape index (κ3) is 3.80. The summed E-state index contributed by atoms with van der Waals surface area (Å²) < 4.78 is 7.63. The molecule has 1 aromatic rings. The molecule has 1 unspecified atom stereocenters. The molecule has 0 saturated carbocycles. The largest absolute Gasteiger partial charge is 0.374 e. The topological polar surface area (TPSA) is 42.3 Å². The Morgan fingerprint density at radius 2 is 2.47 bits per heavy atom. The van der Waals surface area contributed by atoms with Crippen LogP contribution in [-0.2, 0) is 17.8 Å². The van der Waals surface area contributed by atoms with Gasteiger partial charge in [0.1, 0.15) is 0 Å². The van der Waals surface area contributed by atoms with E-state index in [1.54, 1.807) is 0 Å². The molecule has 1 aliphatic heterocycles. The van der Waals surface area contributed by atoms with Crippen molar-refractivity contribution in [1.29, 1.82) is 0 Å². The number of morpholine rings is 1. The van der Waals surface area contributed by atoms with Crippen LogP contribution in [-0.4, -0.2) is 54.1 Å². The van der Waals surface area contributed by atoms with Crippen LogP contribution in [0, 0.1) is 0 Å². The van der Waals surface area contributed by atoms with Crippen LogP contribution in [0.5, 0.6) is 0 Å². The molecular weight excluding hydrogens is 216 g/mol. The van der Waals surface area contributed by atoms with Gasteiger partial charge in [-0.2, -0.15) is 5.10 Å². The summed E-state index contributed by atoms with van der Waals surface area (Å²) in [4.78, 5) is 2.31. The van der Waals surface area contributed by atoms with Crippen molar-refractivity contribution in [3.8, 4) is 0 Å². The fourth-order valence-electron chi connectivity index (χ4n) is 2.04. The van der Waals surface area contributed by atoms with E-state index in [-0.39, 0.29) is 0 Å². The molecule has 5 nitrogen and oxygen atoms in total. The molecule has 1 aliphatic rings. The summed E-state index contributed by atoms with van der Waals surface area (Å²) in [7, 11) is 2.14. The molecule has 17 heavy (non-hydrogen) atoms. The fraction of sp³-hybridized carbons (Fsp3) is 0.750. The molecule has 0 radical (unpaired) electrons. The number of aryl methyl sites for hydroxylation is 1. The quantitative estimate of drug-likeness (QED) is 0.802. The lowest BCUT2D eigenvalue weighted by molar-refractivity contribution is -0.0182. The van der Waals surface area contributed by atoms with Gasteiger partial charge in [-0.25, -0.2) is 0 Å². The molecule has 0 bridgehead atoms. The predicted octanol–water partition coefficient (Wildman–Crippen LogP) is 0.323. The number of ether oxygens (including phenoxy) is 1. The minimum absolute atomic E-state index is 0.315. The monoisotopic (exact) mass is 238 g/mol. The highest BCUT2D eigenvalue weighted by Crippen LogP contribution is 2.02. The average molecular weight is 238 g/mol. The minimum atomic E-state index is 0.315. The Hall–Kier alpha value is -0.910. The maximum atomic E-state index is 5.69. The van der Waals surface area contributed by atoms with Crippen LogP contribution in [0.4, 0.5) is 0 Å². The van der Waals surface area contributed by atoms with Crippen LogP contribution < -0.4 is 5.32 Å². The highest BCUT2D eigenvalue weighted by molar-refractivity contribution is 5.03. The van der Waals surface area contributed by atoms with Crippen LogP contribution in [0.25, 0.3) is 0 Å². The maximum absolute atomic E-state index is 5.69. The Labute approximate surface area is 103 Å². The molecule has 2 heterocycles. The van der Waals surface area contributed by atoms with E-state index in [4.69, 9.17) is 4.74 Å². The molecule has 96 valence electrons. The van der Waals surface area contributed by atoms with Crippen molar-refractivity contribution in [3.63, 3.8) is 0 Å². The first-order chi connectivity index (χ1) is 8.28. The Morgan fingerprint density at radius 3 is 3.18 bits per heavy atom. The molecule has 0 aromatic carbocycles. The van der Waals surface area contributed by atoms with E-state index in [0.717, 1.165) is 39.3 Å². The first-order valence-corrected chi connectivity index (χ1v) is 6.30. The Bertz CT molecular complexity index is 339. The van der Waals surface area contributed by atoms with Crippen molar-refractivity contribution < 1.29 is 4.74 Å². The van der Waals surface area contributed by atoms with Crippen molar-refractivity contribution in [1.82, 2.24) is 20.0 Å². The molecule has 0 spiro atoms. The van der Waals surface area contributed by atoms with E-state index in [9.17, 15) is 0 Å². The number of aromatic nitrogens is 2. The number of likely N-dealkylation sites (N-methyl/N-ethyl adjacent to an activating group) is 1. The Morgan fingerprint density at radius 1 is 1.59 bits per heavy atom. The number of nitrogens with one attached hydrogen (secondary N) is 1. The lowest BCUT2D eigenvalue weighted by Gasteiger charge is -2.30. The van der Waals surface area contributed by atoms with Crippen LogP contribution in [0.3, 0.4) is 0 Å². The molecule has 0 aliphatic carbocycles. The van der Waals surface area contributed by atoms with Gasteiger partial charge in [-0.3, -0.25) is 4.68 Å². The maximum Gasteiger partial charge on any atom is 0.0826 e. The van der Waals surface area contributed by atoms with Crippen LogP contribution >= 0.6 is 0 Å². The molecule has 1 aromatic heterocycles. The first kappa shape index (κ1) is 12.5. The first-order valence-electron chi connectivity index (χ1n) is 6.30. The van der Waals surface area contributed by atoms with Gasteiger partial charge in [0.05, 0.1) is 18.9 Å². The van der Waals surface area contributed by atoms with E-state index in [2.05, 4.69) is 35.5 Å². The Kier molecular flexibility index (Phi) is 4.53. The molecule has 2 rings (SSSR count). The molecule has 1 saturated heterocycles. The van der Waals surface area contributed by atoms with Crippen molar-refractivity contribution in [2.24, 2.45) is 0 Å². The molecule has 1 N–H and O–H groups in total. The third-order valence-corrected chi connectivity index (χ3v) is 3.05. The molecule has 5 heteroatoms. The highest BCUT2D eigenvalue weighted by Gasteiger charge is 2.16. The van der Waals surface area contributed by atoms with Gasteiger partial charge in [0.2, 0.25) is 0 Å². The smallest absolute Gasteiger partial charge is 0.0826 e. The molecule has 0 amide bonds. The van der Waals surface area contributed by atoms with Gasteiger partial charge in [-0.1, -0.05) is 0 Å². The van der Waals surface area contributed by atoms with Gasteiger partial charge >= 0.3 is 0 Å². The second-order valence-electron chi connectivity index (χ2n) is 4.59. The normalized spacial score (nSPS) is 21.9. The number of nitrogens with zero attached hydrogens (tertiary/aromatic N) is 3. The van der Waals surface area contributed by atoms with Crippen LogP contribution in [0.2, 0.25) is 0 Å².